The topological polar surface area (TPSA) is 57.8 Å². The van der Waals surface area contributed by atoms with E-state index in [0.717, 1.165) is 18.4 Å². The maximum atomic E-state index is 13.2. The lowest BCUT2D eigenvalue weighted by atomic mass is 9.94. The Morgan fingerprint density at radius 2 is 2.04 bits per heavy atom. The highest BCUT2D eigenvalue weighted by Crippen LogP contribution is 2.21. The third kappa shape index (κ3) is 3.62. The number of hydrogen-bond acceptors (Lipinski definition) is 2. The molecule has 1 heterocycles. The number of aromatic nitrogens is 2. The minimum atomic E-state index is -0.311. The Morgan fingerprint density at radius 1 is 1.25 bits per heavy atom. The summed E-state index contributed by atoms with van der Waals surface area (Å²) in [6.45, 7) is 2.36. The second kappa shape index (κ2) is 7.25. The van der Waals surface area contributed by atoms with Gasteiger partial charge in [0, 0.05) is 0 Å². The van der Waals surface area contributed by atoms with Gasteiger partial charge >= 0.3 is 0 Å². The quantitative estimate of drug-likeness (QED) is 0.722. The van der Waals surface area contributed by atoms with Crippen LogP contribution in [0.2, 0.25) is 0 Å². The molecule has 1 aromatic heterocycles. The monoisotopic (exact) mass is 325 g/mol. The molecule has 1 atom stereocenters. The van der Waals surface area contributed by atoms with Crippen LogP contribution in [0.1, 0.15) is 37.1 Å². The minimum absolute atomic E-state index is 0.0188. The van der Waals surface area contributed by atoms with Crippen molar-refractivity contribution in [2.24, 2.45) is 0 Å². The maximum Gasteiger partial charge on any atom is 0.227 e. The first-order valence-corrected chi connectivity index (χ1v) is 8.14. The molecule has 3 rings (SSSR count). The Morgan fingerprint density at radius 3 is 2.79 bits per heavy atom. The minimum Gasteiger partial charge on any atom is -0.348 e. The van der Waals surface area contributed by atoms with Crippen molar-refractivity contribution in [1.29, 1.82) is 0 Å². The average molecular weight is 325 g/mol. The van der Waals surface area contributed by atoms with Crippen molar-refractivity contribution in [3.63, 3.8) is 0 Å². The number of aromatic amines is 1. The van der Waals surface area contributed by atoms with E-state index in [1.54, 1.807) is 6.07 Å². The van der Waals surface area contributed by atoms with Gasteiger partial charge in [-0.15, -0.1) is 0 Å². The zero-order valence-electron chi connectivity index (χ0n) is 13.6. The van der Waals surface area contributed by atoms with E-state index in [4.69, 9.17) is 0 Å². The Balaban J connectivity index is 1.70. The highest BCUT2D eigenvalue weighted by Gasteiger charge is 2.19. The number of nitrogens with one attached hydrogen (secondary N) is 2. The van der Waals surface area contributed by atoms with E-state index in [-0.39, 0.29) is 17.6 Å². The van der Waals surface area contributed by atoms with E-state index >= 15 is 0 Å². The van der Waals surface area contributed by atoms with Crippen LogP contribution in [0.25, 0.3) is 11.0 Å². The number of hydrogen-bond donors (Lipinski definition) is 2. The highest BCUT2D eigenvalue weighted by atomic mass is 19.1. The molecule has 0 saturated heterocycles. The van der Waals surface area contributed by atoms with Gasteiger partial charge in [0.2, 0.25) is 5.91 Å². The molecule has 0 aliphatic rings. The zero-order chi connectivity index (χ0) is 16.9. The summed E-state index contributed by atoms with van der Waals surface area (Å²) in [5.74, 6) is 0.119. The van der Waals surface area contributed by atoms with Crippen molar-refractivity contribution >= 4 is 16.9 Å². The molecule has 124 valence electrons. The summed E-state index contributed by atoms with van der Waals surface area (Å²) in [7, 11) is 0. The first-order valence-electron chi connectivity index (χ1n) is 8.14. The van der Waals surface area contributed by atoms with Crippen LogP contribution in [0.15, 0.2) is 48.5 Å². The summed E-state index contributed by atoms with van der Waals surface area (Å²) in [5.41, 5.74) is 2.34. The molecule has 0 unspecified atom stereocenters. The van der Waals surface area contributed by atoms with Gasteiger partial charge in [0.25, 0.3) is 0 Å². The van der Waals surface area contributed by atoms with Crippen molar-refractivity contribution in [3.05, 3.63) is 65.7 Å². The normalized spacial score (nSPS) is 12.2. The van der Waals surface area contributed by atoms with Crippen molar-refractivity contribution in [1.82, 2.24) is 15.3 Å². The predicted octanol–water partition coefficient (Wildman–Crippen LogP) is 3.90. The summed E-state index contributed by atoms with van der Waals surface area (Å²) in [5, 5.41) is 2.93. The average Bonchev–Trinajstić information content (AvgIpc) is 3.00. The van der Waals surface area contributed by atoms with Gasteiger partial charge < -0.3 is 10.3 Å². The van der Waals surface area contributed by atoms with E-state index in [2.05, 4.69) is 22.2 Å². The van der Waals surface area contributed by atoms with Crippen molar-refractivity contribution in [2.45, 2.75) is 32.2 Å². The van der Waals surface area contributed by atoms with Crippen molar-refractivity contribution in [3.8, 4) is 0 Å². The van der Waals surface area contributed by atoms with Crippen molar-refractivity contribution < 1.29 is 9.18 Å². The molecule has 0 radical (unpaired) electrons. The van der Waals surface area contributed by atoms with Gasteiger partial charge in [-0.2, -0.15) is 0 Å². The van der Waals surface area contributed by atoms with Crippen LogP contribution in [-0.2, 0) is 11.3 Å². The van der Waals surface area contributed by atoms with E-state index in [1.807, 2.05) is 30.3 Å². The fraction of sp³-hybridized carbons (Fsp3) is 0.263. The third-order valence-electron chi connectivity index (χ3n) is 4.02. The summed E-state index contributed by atoms with van der Waals surface area (Å²) in [4.78, 5) is 20.0. The van der Waals surface area contributed by atoms with Gasteiger partial charge in [0.1, 0.15) is 11.6 Å². The first-order chi connectivity index (χ1) is 11.7. The number of halogens is 1. The van der Waals surface area contributed by atoms with Gasteiger partial charge in [-0.3, -0.25) is 4.79 Å². The molecule has 5 heteroatoms. The molecule has 0 bridgehead atoms. The number of benzene rings is 2. The molecule has 0 aliphatic carbocycles. The van der Waals surface area contributed by atoms with E-state index < -0.39 is 0 Å². The number of rotatable bonds is 6. The van der Waals surface area contributed by atoms with Crippen LogP contribution >= 0.6 is 0 Å². The lowest BCUT2D eigenvalue weighted by molar-refractivity contribution is -0.122. The van der Waals surface area contributed by atoms with Crippen LogP contribution in [-0.4, -0.2) is 15.9 Å². The molecule has 2 N–H and O–H groups in total. The number of H-pyrrole nitrogens is 1. The van der Waals surface area contributed by atoms with Gasteiger partial charge in [-0.1, -0.05) is 43.7 Å². The van der Waals surface area contributed by atoms with Crippen LogP contribution < -0.4 is 5.32 Å². The second-order valence-corrected chi connectivity index (χ2v) is 5.81. The molecular weight excluding hydrogens is 305 g/mol. The van der Waals surface area contributed by atoms with Crippen LogP contribution in [0.4, 0.5) is 4.39 Å². The smallest absolute Gasteiger partial charge is 0.227 e. The Kier molecular flexibility index (Phi) is 4.89. The van der Waals surface area contributed by atoms with Crippen LogP contribution in [0.5, 0.6) is 0 Å². The largest absolute Gasteiger partial charge is 0.348 e. The van der Waals surface area contributed by atoms with Gasteiger partial charge in [-0.25, -0.2) is 9.37 Å². The van der Waals surface area contributed by atoms with Gasteiger partial charge in [0.15, 0.2) is 0 Å². The Bertz CT molecular complexity index is 829. The third-order valence-corrected chi connectivity index (χ3v) is 4.02. The molecule has 0 saturated carbocycles. The first kappa shape index (κ1) is 16.2. The Hall–Kier alpha value is -2.69. The van der Waals surface area contributed by atoms with E-state index in [9.17, 15) is 9.18 Å². The molecule has 0 aliphatic heterocycles. The molecule has 1 amide bonds. The SMILES string of the molecule is CCC[C@@H](C(=O)NCc1nc2ccc(F)cc2[nH]1)c1ccccc1. The van der Waals surface area contributed by atoms with Crippen LogP contribution in [0.3, 0.4) is 0 Å². The summed E-state index contributed by atoms with van der Waals surface area (Å²) in [6, 6.07) is 14.2. The number of carbonyl (C=O) groups excluding carboxylic acids is 1. The summed E-state index contributed by atoms with van der Waals surface area (Å²) in [6.07, 6.45) is 1.72. The molecule has 3 aromatic rings. The summed E-state index contributed by atoms with van der Waals surface area (Å²) < 4.78 is 13.2. The molecule has 24 heavy (non-hydrogen) atoms. The standard InChI is InChI=1S/C19H20FN3O/c1-2-6-15(13-7-4-3-5-8-13)19(24)21-12-18-22-16-10-9-14(20)11-17(16)23-18/h3-5,7-11,15H,2,6,12H2,1H3,(H,21,24)(H,22,23)/t15-/m1/s1. The zero-order valence-corrected chi connectivity index (χ0v) is 13.6. The highest BCUT2D eigenvalue weighted by molar-refractivity contribution is 5.83. The number of imidazole rings is 1. The predicted molar refractivity (Wildman–Crippen MR) is 92.0 cm³/mol. The lowest BCUT2D eigenvalue weighted by Crippen LogP contribution is -2.29. The Labute approximate surface area is 140 Å². The van der Waals surface area contributed by atoms with E-state index in [0.29, 0.717) is 23.4 Å². The molecule has 2 aromatic carbocycles. The lowest BCUT2D eigenvalue weighted by Gasteiger charge is -2.16. The maximum absolute atomic E-state index is 13.2. The van der Waals surface area contributed by atoms with Crippen molar-refractivity contribution in [2.75, 3.05) is 0 Å². The molecule has 0 spiro atoms. The molecule has 0 fully saturated rings. The number of carbonyl (C=O) groups is 1. The summed E-state index contributed by atoms with van der Waals surface area (Å²) >= 11 is 0. The number of amides is 1. The van der Waals surface area contributed by atoms with Gasteiger partial charge in [-0.05, 0) is 30.2 Å². The van der Waals surface area contributed by atoms with Crippen LogP contribution in [0, 0.1) is 5.82 Å². The fourth-order valence-electron chi connectivity index (χ4n) is 2.84. The molecule has 4 nitrogen and oxygen atoms in total. The number of nitrogens with zero attached hydrogens (tertiary/aromatic N) is 1. The fourth-order valence-corrected chi connectivity index (χ4v) is 2.84. The molecular formula is C19H20FN3O. The number of fused-ring (bicyclic) bond motifs is 1. The second-order valence-electron chi connectivity index (χ2n) is 5.81. The van der Waals surface area contributed by atoms with Gasteiger partial charge in [0.05, 0.1) is 23.5 Å². The van der Waals surface area contributed by atoms with E-state index in [1.165, 1.54) is 12.1 Å².